The van der Waals surface area contributed by atoms with Gasteiger partial charge in [0, 0.05) is 0 Å². The first kappa shape index (κ1) is 9.96. The van der Waals surface area contributed by atoms with Gasteiger partial charge in [-0.05, 0) is 19.3 Å². The summed E-state index contributed by atoms with van der Waals surface area (Å²) in [6.07, 6.45) is 3.72. The van der Waals surface area contributed by atoms with Gasteiger partial charge >= 0.3 is 5.97 Å². The molecule has 4 nitrogen and oxygen atoms in total. The van der Waals surface area contributed by atoms with Gasteiger partial charge < -0.3 is 5.11 Å². The van der Waals surface area contributed by atoms with Crippen LogP contribution in [0.1, 0.15) is 32.1 Å². The minimum Gasteiger partial charge on any atom is -0.481 e. The van der Waals surface area contributed by atoms with Crippen LogP contribution >= 0.6 is 0 Å². The lowest BCUT2D eigenvalue weighted by atomic mass is 10.4. The van der Waals surface area contributed by atoms with Crippen LogP contribution in [0.4, 0.5) is 0 Å². The molecule has 0 saturated heterocycles. The Morgan fingerprint density at radius 3 is 2.21 bits per heavy atom. The van der Waals surface area contributed by atoms with Crippen LogP contribution in [-0.2, 0) is 14.6 Å². The smallest absolute Gasteiger partial charge is 0.307 e. The highest BCUT2D eigenvalue weighted by atomic mass is 32.2. The van der Waals surface area contributed by atoms with Crippen molar-refractivity contribution in [3.8, 4) is 0 Å². The maximum Gasteiger partial charge on any atom is 0.307 e. The lowest BCUT2D eigenvalue weighted by Gasteiger charge is -2.09. The largest absolute Gasteiger partial charge is 0.481 e. The quantitative estimate of drug-likeness (QED) is 0.761. The third-order valence-corrected chi connectivity index (χ3v) is 6.00. The second kappa shape index (κ2) is 3.22. The summed E-state index contributed by atoms with van der Waals surface area (Å²) in [6.45, 7) is 0. The zero-order valence-corrected chi connectivity index (χ0v) is 8.66. The van der Waals surface area contributed by atoms with Crippen molar-refractivity contribution in [2.24, 2.45) is 5.92 Å². The topological polar surface area (TPSA) is 71.4 Å². The molecule has 2 saturated carbocycles. The van der Waals surface area contributed by atoms with Gasteiger partial charge in [0.05, 0.1) is 16.4 Å². The molecule has 2 unspecified atom stereocenters. The van der Waals surface area contributed by atoms with E-state index >= 15 is 0 Å². The van der Waals surface area contributed by atoms with Gasteiger partial charge in [-0.25, -0.2) is 8.42 Å². The highest BCUT2D eigenvalue weighted by Crippen LogP contribution is 2.42. The number of carboxylic acids is 1. The first-order chi connectivity index (χ1) is 6.53. The molecule has 2 fully saturated rings. The summed E-state index contributed by atoms with van der Waals surface area (Å²) in [4.78, 5) is 10.6. The normalized spacial score (nSPS) is 33.1. The molecule has 2 rings (SSSR count). The number of carboxylic acid groups (broad SMARTS) is 1. The number of hydrogen-bond donors (Lipinski definition) is 1. The molecule has 0 aromatic heterocycles. The first-order valence-electron chi connectivity index (χ1n) is 4.99. The van der Waals surface area contributed by atoms with Crippen LogP contribution in [-0.4, -0.2) is 30.0 Å². The van der Waals surface area contributed by atoms with Gasteiger partial charge in [-0.2, -0.15) is 0 Å². The Morgan fingerprint density at radius 2 is 1.79 bits per heavy atom. The van der Waals surface area contributed by atoms with Gasteiger partial charge in [-0.1, -0.05) is 12.8 Å². The standard InChI is InChI=1S/C9H14O4S/c10-9(11)7-5-8(7)14(12,13)6-3-1-2-4-6/h6-8H,1-5H2,(H,10,11). The fourth-order valence-corrected chi connectivity index (χ4v) is 4.79. The third-order valence-electron chi connectivity index (χ3n) is 3.24. The molecule has 2 aliphatic carbocycles. The number of sulfone groups is 1. The van der Waals surface area contributed by atoms with Gasteiger partial charge in [0.2, 0.25) is 0 Å². The lowest BCUT2D eigenvalue weighted by Crippen LogP contribution is -2.24. The lowest BCUT2D eigenvalue weighted by molar-refractivity contribution is -0.138. The van der Waals surface area contributed by atoms with Gasteiger partial charge in [0.15, 0.2) is 9.84 Å². The van der Waals surface area contributed by atoms with E-state index in [0.717, 1.165) is 25.7 Å². The van der Waals surface area contributed by atoms with Crippen LogP contribution in [0.5, 0.6) is 0 Å². The average molecular weight is 218 g/mol. The molecule has 1 N–H and O–H groups in total. The summed E-state index contributed by atoms with van der Waals surface area (Å²) in [6, 6.07) is 0. The second-order valence-corrected chi connectivity index (χ2v) is 6.66. The summed E-state index contributed by atoms with van der Waals surface area (Å²) in [5.41, 5.74) is 0. The highest BCUT2D eigenvalue weighted by molar-refractivity contribution is 7.93. The third kappa shape index (κ3) is 1.54. The molecule has 0 heterocycles. The summed E-state index contributed by atoms with van der Waals surface area (Å²) in [7, 11) is -3.14. The summed E-state index contributed by atoms with van der Waals surface area (Å²) < 4.78 is 23.7. The van der Waals surface area contributed by atoms with Crippen molar-refractivity contribution in [3.05, 3.63) is 0 Å². The predicted octanol–water partition coefficient (Wildman–Crippen LogP) is 0.817. The van der Waals surface area contributed by atoms with Crippen molar-refractivity contribution >= 4 is 15.8 Å². The van der Waals surface area contributed by atoms with Crippen LogP contribution in [0.2, 0.25) is 0 Å². The van der Waals surface area contributed by atoms with Crippen LogP contribution in [0.15, 0.2) is 0 Å². The maximum atomic E-state index is 11.8. The van der Waals surface area contributed by atoms with Crippen molar-refractivity contribution in [2.45, 2.75) is 42.6 Å². The van der Waals surface area contributed by atoms with Crippen LogP contribution in [0, 0.1) is 5.92 Å². The second-order valence-electron chi connectivity index (χ2n) is 4.21. The van der Waals surface area contributed by atoms with Crippen LogP contribution in [0.25, 0.3) is 0 Å². The Hall–Kier alpha value is -0.580. The van der Waals surface area contributed by atoms with E-state index in [0.29, 0.717) is 6.42 Å². The number of carbonyl (C=O) groups is 1. The van der Waals surface area contributed by atoms with E-state index in [9.17, 15) is 13.2 Å². The Labute approximate surface area is 83.2 Å². The van der Waals surface area contributed by atoms with Crippen molar-refractivity contribution in [3.63, 3.8) is 0 Å². The summed E-state index contributed by atoms with van der Waals surface area (Å²) >= 11 is 0. The van der Waals surface area contributed by atoms with Gasteiger partial charge in [-0.15, -0.1) is 0 Å². The van der Waals surface area contributed by atoms with E-state index in [1.165, 1.54) is 0 Å². The molecule has 5 heteroatoms. The Bertz CT molecular complexity index is 340. The van der Waals surface area contributed by atoms with Crippen LogP contribution < -0.4 is 0 Å². The molecule has 80 valence electrons. The molecule has 2 aliphatic rings. The Kier molecular flexibility index (Phi) is 2.29. The SMILES string of the molecule is O=C(O)C1CC1S(=O)(=O)C1CCCC1. The van der Waals surface area contributed by atoms with E-state index < -0.39 is 27.0 Å². The van der Waals surface area contributed by atoms with Gasteiger partial charge in [0.25, 0.3) is 0 Å². The van der Waals surface area contributed by atoms with E-state index in [2.05, 4.69) is 0 Å². The molecule has 0 radical (unpaired) electrons. The van der Waals surface area contributed by atoms with Crippen molar-refractivity contribution in [2.75, 3.05) is 0 Å². The highest BCUT2D eigenvalue weighted by Gasteiger charge is 2.54. The minimum atomic E-state index is -3.14. The van der Waals surface area contributed by atoms with Gasteiger partial charge in [0.1, 0.15) is 0 Å². The molecular weight excluding hydrogens is 204 g/mol. The Balaban J connectivity index is 2.07. The molecular formula is C9H14O4S. The zero-order valence-electron chi connectivity index (χ0n) is 7.85. The van der Waals surface area contributed by atoms with E-state index in [1.54, 1.807) is 0 Å². The van der Waals surface area contributed by atoms with Crippen molar-refractivity contribution in [1.82, 2.24) is 0 Å². The van der Waals surface area contributed by atoms with Crippen LogP contribution in [0.3, 0.4) is 0 Å². The van der Waals surface area contributed by atoms with Gasteiger partial charge in [-0.3, -0.25) is 4.79 Å². The first-order valence-corrected chi connectivity index (χ1v) is 6.60. The summed E-state index contributed by atoms with van der Waals surface area (Å²) in [5.74, 6) is -1.59. The maximum absolute atomic E-state index is 11.8. The summed E-state index contributed by atoms with van der Waals surface area (Å²) in [5, 5.41) is 7.83. The van der Waals surface area contributed by atoms with Crippen molar-refractivity contribution in [1.29, 1.82) is 0 Å². The predicted molar refractivity (Wildman–Crippen MR) is 50.7 cm³/mol. The number of aliphatic carboxylic acids is 1. The monoisotopic (exact) mass is 218 g/mol. The molecule has 0 spiro atoms. The molecule has 0 aromatic carbocycles. The zero-order chi connectivity index (χ0) is 10.3. The molecule has 2 atom stereocenters. The Morgan fingerprint density at radius 1 is 1.21 bits per heavy atom. The fourth-order valence-electron chi connectivity index (χ4n) is 2.26. The van der Waals surface area contributed by atoms with Crippen molar-refractivity contribution < 1.29 is 18.3 Å². The van der Waals surface area contributed by atoms with E-state index in [-0.39, 0.29) is 5.25 Å². The minimum absolute atomic E-state index is 0.253. The fraction of sp³-hybridized carbons (Fsp3) is 0.889. The van der Waals surface area contributed by atoms with E-state index in [4.69, 9.17) is 5.11 Å². The average Bonchev–Trinajstić information content (AvgIpc) is 2.74. The molecule has 14 heavy (non-hydrogen) atoms. The number of rotatable bonds is 3. The van der Waals surface area contributed by atoms with E-state index in [1.807, 2.05) is 0 Å². The molecule has 0 bridgehead atoms. The molecule has 0 amide bonds. The molecule has 0 aromatic rings. The number of hydrogen-bond acceptors (Lipinski definition) is 3. The molecule has 0 aliphatic heterocycles.